The topological polar surface area (TPSA) is 61.9 Å². The lowest BCUT2D eigenvalue weighted by Gasteiger charge is -2.39. The van der Waals surface area contributed by atoms with E-state index >= 15 is 0 Å². The molecule has 28 heavy (non-hydrogen) atoms. The highest BCUT2D eigenvalue weighted by Gasteiger charge is 2.33. The molecule has 156 valence electrons. The Morgan fingerprint density at radius 3 is 2.32 bits per heavy atom. The molecule has 1 saturated heterocycles. The Labute approximate surface area is 169 Å². The Hall–Kier alpha value is -2.24. The fourth-order valence-electron chi connectivity index (χ4n) is 3.52. The van der Waals surface area contributed by atoms with Gasteiger partial charge in [0.05, 0.1) is 6.04 Å². The summed E-state index contributed by atoms with van der Waals surface area (Å²) < 4.78 is 5.63. The first-order valence-electron chi connectivity index (χ1n) is 10.0. The van der Waals surface area contributed by atoms with Gasteiger partial charge in [-0.1, -0.05) is 19.1 Å². The monoisotopic (exact) mass is 389 g/mol. The first kappa shape index (κ1) is 22.1. The molecule has 1 aromatic rings. The summed E-state index contributed by atoms with van der Waals surface area (Å²) in [6.45, 7) is 10.4. The van der Waals surface area contributed by atoms with E-state index in [1.165, 1.54) is 0 Å². The molecule has 0 radical (unpaired) electrons. The van der Waals surface area contributed by atoms with Crippen molar-refractivity contribution in [2.75, 3.05) is 26.0 Å². The maximum Gasteiger partial charge on any atom is 0.410 e. The number of hydrogen-bond donors (Lipinski definition) is 1. The molecule has 1 unspecified atom stereocenters. The third-order valence-corrected chi connectivity index (χ3v) is 4.94. The molecule has 6 nitrogen and oxygen atoms in total. The lowest BCUT2D eigenvalue weighted by atomic mass is 9.90. The van der Waals surface area contributed by atoms with Crippen LogP contribution in [0, 0.1) is 5.92 Å². The Morgan fingerprint density at radius 2 is 1.79 bits per heavy atom. The van der Waals surface area contributed by atoms with Crippen LogP contribution >= 0.6 is 0 Å². The van der Waals surface area contributed by atoms with Crippen molar-refractivity contribution in [1.29, 1.82) is 0 Å². The summed E-state index contributed by atoms with van der Waals surface area (Å²) in [4.78, 5) is 28.2. The predicted octanol–water partition coefficient (Wildman–Crippen LogP) is 4.28. The molecule has 2 amide bonds. The molecule has 1 aromatic carbocycles. The van der Waals surface area contributed by atoms with Crippen molar-refractivity contribution in [2.45, 2.75) is 65.1 Å². The molecule has 0 saturated carbocycles. The lowest BCUT2D eigenvalue weighted by Crippen LogP contribution is -2.44. The number of carbonyl (C=O) groups excluding carboxylic acids is 2. The molecule has 3 atom stereocenters. The third-order valence-electron chi connectivity index (χ3n) is 4.94. The van der Waals surface area contributed by atoms with Crippen molar-refractivity contribution in [3.8, 4) is 0 Å². The number of hydrogen-bond acceptors (Lipinski definition) is 4. The Kier molecular flexibility index (Phi) is 6.96. The number of anilines is 1. The zero-order valence-electron chi connectivity index (χ0n) is 18.3. The summed E-state index contributed by atoms with van der Waals surface area (Å²) in [5, 5.41) is 3.23. The van der Waals surface area contributed by atoms with E-state index in [1.54, 1.807) is 19.0 Å². The minimum atomic E-state index is -0.509. The molecule has 6 heteroatoms. The number of ether oxygens (including phenoxy) is 1. The highest BCUT2D eigenvalue weighted by Crippen LogP contribution is 2.34. The van der Waals surface area contributed by atoms with Crippen molar-refractivity contribution in [3.05, 3.63) is 29.8 Å². The van der Waals surface area contributed by atoms with Crippen LogP contribution in [-0.4, -0.2) is 54.1 Å². The average molecular weight is 390 g/mol. The highest BCUT2D eigenvalue weighted by molar-refractivity contribution is 5.83. The van der Waals surface area contributed by atoms with E-state index in [4.69, 9.17) is 4.74 Å². The number of likely N-dealkylation sites (N-methyl/N-ethyl adjacent to an activating group) is 1. The van der Waals surface area contributed by atoms with Crippen molar-refractivity contribution in [1.82, 2.24) is 9.80 Å². The van der Waals surface area contributed by atoms with Gasteiger partial charge >= 0.3 is 6.09 Å². The van der Waals surface area contributed by atoms with Crippen LogP contribution in [0.25, 0.3) is 0 Å². The van der Waals surface area contributed by atoms with Gasteiger partial charge in [0.1, 0.15) is 11.6 Å². The minimum Gasteiger partial charge on any atom is -0.444 e. The van der Waals surface area contributed by atoms with Crippen LogP contribution in [0.1, 0.15) is 59.1 Å². The molecule has 0 aromatic heterocycles. The lowest BCUT2D eigenvalue weighted by molar-refractivity contribution is -0.129. The Bertz CT molecular complexity index is 679. The molecular formula is C22H35N3O3. The smallest absolute Gasteiger partial charge is 0.410 e. The normalized spacial score (nSPS) is 21.0. The first-order chi connectivity index (χ1) is 13.0. The molecule has 2 rings (SSSR count). The van der Waals surface area contributed by atoms with Gasteiger partial charge in [0.15, 0.2) is 0 Å². The van der Waals surface area contributed by atoms with Gasteiger partial charge in [0.2, 0.25) is 5.91 Å². The summed E-state index contributed by atoms with van der Waals surface area (Å²) in [5.41, 5.74) is 1.47. The molecule has 1 N–H and O–H groups in total. The highest BCUT2D eigenvalue weighted by atomic mass is 16.6. The van der Waals surface area contributed by atoms with E-state index in [-0.39, 0.29) is 24.1 Å². The standard InChI is InChI=1S/C22H35N3O3/c1-15-8-13-19(25(14-15)21(27)28-22(3,4)5)17-9-11-18(12-10-17)23-16(2)20(26)24(6)7/h9-12,15-16,19,23H,8,13-14H2,1-7H3/t15-,16?,19+/m1/s1. The number of carbonyl (C=O) groups is 2. The molecule has 0 spiro atoms. The average Bonchev–Trinajstić information content (AvgIpc) is 2.60. The van der Waals surface area contributed by atoms with Crippen LogP contribution in [0.4, 0.5) is 10.5 Å². The van der Waals surface area contributed by atoms with E-state index in [1.807, 2.05) is 56.9 Å². The summed E-state index contributed by atoms with van der Waals surface area (Å²) in [6.07, 6.45) is 1.75. The Morgan fingerprint density at radius 1 is 1.18 bits per heavy atom. The molecule has 1 aliphatic rings. The Balaban J connectivity index is 2.13. The number of amides is 2. The second-order valence-corrected chi connectivity index (χ2v) is 9.05. The minimum absolute atomic E-state index is 0.0148. The predicted molar refractivity (Wildman–Crippen MR) is 112 cm³/mol. The van der Waals surface area contributed by atoms with Crippen LogP contribution in [0.15, 0.2) is 24.3 Å². The fourth-order valence-corrected chi connectivity index (χ4v) is 3.52. The SMILES string of the molecule is CC(Nc1ccc([C@@H]2CC[C@@H](C)CN2C(=O)OC(C)(C)C)cc1)C(=O)N(C)C. The summed E-state index contributed by atoms with van der Waals surface area (Å²) >= 11 is 0. The zero-order valence-corrected chi connectivity index (χ0v) is 18.3. The maximum absolute atomic E-state index is 12.7. The zero-order chi connectivity index (χ0) is 21.1. The molecule has 1 heterocycles. The number of nitrogens with zero attached hydrogens (tertiary/aromatic N) is 2. The van der Waals surface area contributed by atoms with Crippen molar-refractivity contribution >= 4 is 17.7 Å². The number of piperidine rings is 1. The van der Waals surface area contributed by atoms with Gasteiger partial charge < -0.3 is 19.9 Å². The van der Waals surface area contributed by atoms with E-state index in [9.17, 15) is 9.59 Å². The number of likely N-dealkylation sites (tertiary alicyclic amines) is 1. The van der Waals surface area contributed by atoms with Crippen molar-refractivity contribution < 1.29 is 14.3 Å². The van der Waals surface area contributed by atoms with Gasteiger partial charge in [-0.2, -0.15) is 0 Å². The van der Waals surface area contributed by atoms with Crippen LogP contribution in [0.5, 0.6) is 0 Å². The first-order valence-corrected chi connectivity index (χ1v) is 10.0. The molecule has 0 bridgehead atoms. The van der Waals surface area contributed by atoms with Gasteiger partial charge in [-0.3, -0.25) is 4.79 Å². The van der Waals surface area contributed by atoms with Crippen LogP contribution in [0.3, 0.4) is 0 Å². The molecule has 1 fully saturated rings. The maximum atomic E-state index is 12.7. The van der Waals surface area contributed by atoms with Crippen LogP contribution in [-0.2, 0) is 9.53 Å². The summed E-state index contributed by atoms with van der Waals surface area (Å²) in [7, 11) is 3.50. The van der Waals surface area contributed by atoms with Gasteiger partial charge in [0.25, 0.3) is 0 Å². The van der Waals surface area contributed by atoms with E-state index in [2.05, 4.69) is 12.2 Å². The molecule has 1 aliphatic heterocycles. The van der Waals surface area contributed by atoms with Gasteiger partial charge in [-0.05, 0) is 64.2 Å². The number of nitrogens with one attached hydrogen (secondary N) is 1. The largest absolute Gasteiger partial charge is 0.444 e. The van der Waals surface area contributed by atoms with Gasteiger partial charge in [-0.25, -0.2) is 4.79 Å². The van der Waals surface area contributed by atoms with Gasteiger partial charge in [-0.15, -0.1) is 0 Å². The van der Waals surface area contributed by atoms with Crippen LogP contribution < -0.4 is 5.32 Å². The van der Waals surface area contributed by atoms with Crippen molar-refractivity contribution in [3.63, 3.8) is 0 Å². The second-order valence-electron chi connectivity index (χ2n) is 9.05. The summed E-state index contributed by atoms with van der Waals surface area (Å²) in [6, 6.07) is 7.73. The summed E-state index contributed by atoms with van der Waals surface area (Å²) in [5.74, 6) is 0.490. The van der Waals surface area contributed by atoms with E-state index in [0.29, 0.717) is 12.5 Å². The quantitative estimate of drug-likeness (QED) is 0.835. The van der Waals surface area contributed by atoms with Gasteiger partial charge in [0, 0.05) is 26.3 Å². The number of benzene rings is 1. The van der Waals surface area contributed by atoms with Crippen LogP contribution in [0.2, 0.25) is 0 Å². The molecular weight excluding hydrogens is 354 g/mol. The third kappa shape index (κ3) is 5.88. The molecule has 0 aliphatic carbocycles. The van der Waals surface area contributed by atoms with E-state index in [0.717, 1.165) is 24.1 Å². The fraction of sp³-hybridized carbons (Fsp3) is 0.636. The van der Waals surface area contributed by atoms with E-state index < -0.39 is 5.60 Å². The van der Waals surface area contributed by atoms with Crippen molar-refractivity contribution in [2.24, 2.45) is 5.92 Å². The second kappa shape index (κ2) is 8.84. The number of rotatable bonds is 4.